The van der Waals surface area contributed by atoms with Gasteiger partial charge in [-0.2, -0.15) is 5.10 Å². The van der Waals surface area contributed by atoms with Gasteiger partial charge in [0.25, 0.3) is 0 Å². The van der Waals surface area contributed by atoms with Gasteiger partial charge in [0.1, 0.15) is 0 Å². The number of allylic oxidation sites excluding steroid dienone is 1. The molecule has 0 unspecified atom stereocenters. The van der Waals surface area contributed by atoms with Crippen molar-refractivity contribution in [1.82, 2.24) is 5.01 Å². The number of carbonyl (C=O) groups excluding carboxylic acids is 1. The number of hydrogen-bond donors (Lipinski definition) is 1. The highest BCUT2D eigenvalue weighted by Crippen LogP contribution is 2.44. The summed E-state index contributed by atoms with van der Waals surface area (Å²) in [5.41, 5.74) is 10.1. The molecule has 0 bridgehead atoms. The monoisotopic (exact) mass is 331 g/mol. The van der Waals surface area contributed by atoms with Gasteiger partial charge < -0.3 is 5.73 Å². The standard InChI is InChI=1S/C21H21N3O/c22-21(25)24-20(16-10-5-2-6-11-16)18-13-7-12-17(19(18)23-24)14-15-8-3-1-4-9-15/h1-6,8-11,14,18,20H,7,12-13H2,(H2,22,25)/b17-14+/t18-,20+/m0/s1. The predicted octanol–water partition coefficient (Wildman–Crippen LogP) is 4.36. The van der Waals surface area contributed by atoms with Crippen molar-refractivity contribution in [3.05, 3.63) is 77.4 Å². The van der Waals surface area contributed by atoms with Crippen LogP contribution in [0.4, 0.5) is 4.79 Å². The Labute approximate surface area is 147 Å². The normalized spacial score (nSPS) is 24.1. The van der Waals surface area contributed by atoms with Gasteiger partial charge in [0.15, 0.2) is 0 Å². The molecule has 4 rings (SSSR count). The topological polar surface area (TPSA) is 58.7 Å². The maximum absolute atomic E-state index is 12.0. The molecule has 2 aromatic rings. The fraction of sp³-hybridized carbons (Fsp3) is 0.238. The Balaban J connectivity index is 1.74. The minimum absolute atomic E-state index is 0.104. The van der Waals surface area contributed by atoms with E-state index in [0.29, 0.717) is 0 Å². The second-order valence-electron chi connectivity index (χ2n) is 6.60. The van der Waals surface area contributed by atoms with E-state index in [1.54, 1.807) is 0 Å². The van der Waals surface area contributed by atoms with Crippen molar-refractivity contribution in [1.29, 1.82) is 0 Å². The van der Waals surface area contributed by atoms with Crippen LogP contribution in [0, 0.1) is 5.92 Å². The number of nitrogens with two attached hydrogens (primary N) is 1. The number of fused-ring (bicyclic) bond motifs is 1. The van der Waals surface area contributed by atoms with Crippen LogP contribution in [0.15, 0.2) is 71.3 Å². The van der Waals surface area contributed by atoms with Crippen molar-refractivity contribution in [2.24, 2.45) is 16.8 Å². The quantitative estimate of drug-likeness (QED) is 0.873. The van der Waals surface area contributed by atoms with Gasteiger partial charge in [-0.15, -0.1) is 0 Å². The van der Waals surface area contributed by atoms with Crippen molar-refractivity contribution >= 4 is 17.8 Å². The summed E-state index contributed by atoms with van der Waals surface area (Å²) >= 11 is 0. The highest BCUT2D eigenvalue weighted by atomic mass is 16.2. The molecule has 1 aliphatic heterocycles. The molecule has 1 aliphatic carbocycles. The van der Waals surface area contributed by atoms with Crippen LogP contribution in [0.2, 0.25) is 0 Å². The first-order valence-corrected chi connectivity index (χ1v) is 8.72. The third-order valence-corrected chi connectivity index (χ3v) is 5.01. The number of amides is 2. The van der Waals surface area contributed by atoms with Crippen LogP contribution in [0.3, 0.4) is 0 Å². The zero-order valence-corrected chi connectivity index (χ0v) is 14.0. The number of carbonyl (C=O) groups is 1. The molecule has 0 aromatic heterocycles. The number of hydrogen-bond acceptors (Lipinski definition) is 2. The molecule has 1 fully saturated rings. The second-order valence-corrected chi connectivity index (χ2v) is 6.60. The molecule has 4 nitrogen and oxygen atoms in total. The van der Waals surface area contributed by atoms with Crippen molar-refractivity contribution in [3.8, 4) is 0 Å². The number of nitrogens with zero attached hydrogens (tertiary/aromatic N) is 2. The first-order valence-electron chi connectivity index (χ1n) is 8.72. The van der Waals surface area contributed by atoms with Crippen molar-refractivity contribution in [2.45, 2.75) is 25.3 Å². The molecule has 2 aromatic carbocycles. The highest BCUT2D eigenvalue weighted by Gasteiger charge is 2.43. The third-order valence-electron chi connectivity index (χ3n) is 5.01. The molecule has 2 amide bonds. The molecule has 1 heterocycles. The van der Waals surface area contributed by atoms with Crippen LogP contribution in [-0.4, -0.2) is 16.8 Å². The molecule has 2 N–H and O–H groups in total. The Morgan fingerprint density at radius 3 is 2.44 bits per heavy atom. The van der Waals surface area contributed by atoms with E-state index in [1.165, 1.54) is 10.6 Å². The van der Waals surface area contributed by atoms with Gasteiger partial charge in [-0.3, -0.25) is 0 Å². The second kappa shape index (κ2) is 6.55. The molecule has 2 atom stereocenters. The van der Waals surface area contributed by atoms with Crippen LogP contribution < -0.4 is 5.73 Å². The molecule has 1 saturated carbocycles. The van der Waals surface area contributed by atoms with E-state index >= 15 is 0 Å². The summed E-state index contributed by atoms with van der Waals surface area (Å²) in [6, 6.07) is 19.7. The predicted molar refractivity (Wildman–Crippen MR) is 99.8 cm³/mol. The summed E-state index contributed by atoms with van der Waals surface area (Å²) in [6.07, 6.45) is 5.29. The first-order chi connectivity index (χ1) is 12.2. The minimum Gasteiger partial charge on any atom is -0.350 e. The van der Waals surface area contributed by atoms with E-state index in [0.717, 1.165) is 36.1 Å². The molecule has 0 saturated heterocycles. The van der Waals surface area contributed by atoms with Crippen molar-refractivity contribution in [3.63, 3.8) is 0 Å². The number of benzene rings is 2. The average Bonchev–Trinajstić information content (AvgIpc) is 3.04. The molecular formula is C21H21N3O. The van der Waals surface area contributed by atoms with Crippen LogP contribution in [0.1, 0.15) is 36.4 Å². The molecule has 4 heteroatoms. The summed E-state index contributed by atoms with van der Waals surface area (Å²) in [4.78, 5) is 12.0. The van der Waals surface area contributed by atoms with E-state index in [4.69, 9.17) is 5.73 Å². The molecule has 2 aliphatic rings. The fourth-order valence-corrected chi connectivity index (χ4v) is 3.92. The minimum atomic E-state index is -0.491. The van der Waals surface area contributed by atoms with Gasteiger partial charge in [0.2, 0.25) is 0 Å². The summed E-state index contributed by atoms with van der Waals surface area (Å²) < 4.78 is 0. The Bertz CT molecular complexity index is 827. The lowest BCUT2D eigenvalue weighted by atomic mass is 9.77. The third kappa shape index (κ3) is 2.95. The van der Waals surface area contributed by atoms with Crippen molar-refractivity contribution < 1.29 is 4.79 Å². The summed E-state index contributed by atoms with van der Waals surface area (Å²) in [7, 11) is 0. The lowest BCUT2D eigenvalue weighted by Gasteiger charge is -2.28. The van der Waals surface area contributed by atoms with E-state index in [-0.39, 0.29) is 12.0 Å². The maximum atomic E-state index is 12.0. The Hall–Kier alpha value is -2.88. The maximum Gasteiger partial charge on any atom is 0.335 e. The van der Waals surface area contributed by atoms with Crippen LogP contribution in [0.25, 0.3) is 6.08 Å². The fourth-order valence-electron chi connectivity index (χ4n) is 3.92. The molecule has 0 spiro atoms. The first kappa shape index (κ1) is 15.6. The Kier molecular flexibility index (Phi) is 4.10. The molecule has 0 radical (unpaired) electrons. The van der Waals surface area contributed by atoms with Crippen LogP contribution >= 0.6 is 0 Å². The average molecular weight is 331 g/mol. The summed E-state index contributed by atoms with van der Waals surface area (Å²) in [5.74, 6) is 0.207. The van der Waals surface area contributed by atoms with Gasteiger partial charge in [-0.05, 0) is 42.0 Å². The van der Waals surface area contributed by atoms with Gasteiger partial charge in [0, 0.05) is 5.92 Å². The lowest BCUT2D eigenvalue weighted by Crippen LogP contribution is -2.35. The van der Waals surface area contributed by atoms with Gasteiger partial charge in [-0.1, -0.05) is 60.7 Å². The van der Waals surface area contributed by atoms with E-state index in [9.17, 15) is 4.79 Å². The summed E-state index contributed by atoms with van der Waals surface area (Å²) in [5, 5.41) is 6.12. The number of hydrazone groups is 1. The molecular weight excluding hydrogens is 310 g/mol. The van der Waals surface area contributed by atoms with Gasteiger partial charge >= 0.3 is 6.03 Å². The smallest absolute Gasteiger partial charge is 0.335 e. The zero-order chi connectivity index (χ0) is 17.2. The Morgan fingerprint density at radius 1 is 1.08 bits per heavy atom. The zero-order valence-electron chi connectivity index (χ0n) is 14.0. The highest BCUT2D eigenvalue weighted by molar-refractivity contribution is 6.08. The lowest BCUT2D eigenvalue weighted by molar-refractivity contribution is 0.184. The van der Waals surface area contributed by atoms with Gasteiger partial charge in [-0.25, -0.2) is 9.80 Å². The number of primary amides is 1. The van der Waals surface area contributed by atoms with Crippen LogP contribution in [-0.2, 0) is 0 Å². The Morgan fingerprint density at radius 2 is 1.76 bits per heavy atom. The van der Waals surface area contributed by atoms with E-state index in [2.05, 4.69) is 23.3 Å². The van der Waals surface area contributed by atoms with Crippen LogP contribution in [0.5, 0.6) is 0 Å². The van der Waals surface area contributed by atoms with E-state index in [1.807, 2.05) is 48.5 Å². The SMILES string of the molecule is NC(=O)N1N=C2/C(=C/c3ccccc3)CCC[C@@H]2[C@H]1c1ccccc1. The molecule has 126 valence electrons. The summed E-state index contributed by atoms with van der Waals surface area (Å²) in [6.45, 7) is 0. The number of urea groups is 1. The van der Waals surface area contributed by atoms with Gasteiger partial charge in [0.05, 0.1) is 11.8 Å². The van der Waals surface area contributed by atoms with E-state index < -0.39 is 6.03 Å². The largest absolute Gasteiger partial charge is 0.350 e. The molecule has 25 heavy (non-hydrogen) atoms. The van der Waals surface area contributed by atoms with Crippen molar-refractivity contribution in [2.75, 3.05) is 0 Å². The number of rotatable bonds is 2.